The van der Waals surface area contributed by atoms with Gasteiger partial charge >= 0.3 is 0 Å². The lowest BCUT2D eigenvalue weighted by molar-refractivity contribution is -0.116. The van der Waals surface area contributed by atoms with Crippen LogP contribution in [0.25, 0.3) is 0 Å². The van der Waals surface area contributed by atoms with Gasteiger partial charge in [0.05, 0.1) is 6.54 Å². The average Bonchev–Trinajstić information content (AvgIpc) is 3.10. The van der Waals surface area contributed by atoms with E-state index < -0.39 is 21.4 Å². The van der Waals surface area contributed by atoms with Gasteiger partial charge in [0.1, 0.15) is 11.6 Å². The van der Waals surface area contributed by atoms with Crippen LogP contribution in [0.5, 0.6) is 0 Å². The fourth-order valence-electron chi connectivity index (χ4n) is 3.38. The Morgan fingerprint density at radius 3 is 2.20 bits per heavy atom. The predicted molar refractivity (Wildman–Crippen MR) is 116 cm³/mol. The fourth-order valence-corrected chi connectivity index (χ4v) is 4.56. The van der Waals surface area contributed by atoms with Gasteiger partial charge in [-0.1, -0.05) is 27.7 Å². The molecule has 0 atom stereocenters. The molecule has 166 valence electrons. The maximum absolute atomic E-state index is 14.1. The van der Waals surface area contributed by atoms with E-state index in [1.807, 2.05) is 46.7 Å². The molecule has 0 N–H and O–H groups in total. The number of hydrogen-bond donors (Lipinski definition) is 0. The van der Waals surface area contributed by atoms with Gasteiger partial charge in [-0.05, 0) is 60.8 Å². The molecule has 0 unspecified atom stereocenters. The Morgan fingerprint density at radius 1 is 1.13 bits per heavy atom. The molecular weight excluding hydrogens is 405 g/mol. The van der Waals surface area contributed by atoms with Gasteiger partial charge in [-0.2, -0.15) is 5.10 Å². The molecule has 8 heteroatoms. The molecule has 1 aromatic heterocycles. The number of likely N-dealkylation sites (N-methyl/N-ethyl adjacent to an activating group) is 1. The molecule has 30 heavy (non-hydrogen) atoms. The molecule has 0 spiro atoms. The van der Waals surface area contributed by atoms with Gasteiger partial charge in [0.2, 0.25) is 9.84 Å². The zero-order valence-corrected chi connectivity index (χ0v) is 19.5. The van der Waals surface area contributed by atoms with Gasteiger partial charge in [0.25, 0.3) is 0 Å². The van der Waals surface area contributed by atoms with Crippen molar-refractivity contribution in [1.29, 1.82) is 0 Å². The molecule has 0 radical (unpaired) electrons. The third-order valence-electron chi connectivity index (χ3n) is 4.96. The van der Waals surface area contributed by atoms with Crippen LogP contribution >= 0.6 is 0 Å². The number of halogens is 1. The number of sulfone groups is 1. The third-order valence-corrected chi connectivity index (χ3v) is 6.52. The van der Waals surface area contributed by atoms with Crippen LogP contribution in [0.4, 0.5) is 4.39 Å². The van der Waals surface area contributed by atoms with Crippen molar-refractivity contribution in [1.82, 2.24) is 14.7 Å². The molecule has 0 amide bonds. The van der Waals surface area contributed by atoms with Crippen molar-refractivity contribution >= 4 is 15.6 Å². The van der Waals surface area contributed by atoms with Crippen LogP contribution in [0.1, 0.15) is 56.2 Å². The van der Waals surface area contributed by atoms with Crippen LogP contribution in [0.3, 0.4) is 0 Å². The Morgan fingerprint density at radius 2 is 1.70 bits per heavy atom. The molecular formula is C22H32FN3O3S. The summed E-state index contributed by atoms with van der Waals surface area (Å²) in [6.07, 6.45) is 1.57. The molecule has 2 rings (SSSR count). The first-order chi connectivity index (χ1) is 13.9. The number of nitrogens with zero attached hydrogens (tertiary/aromatic N) is 3. The Kier molecular flexibility index (Phi) is 7.93. The third kappa shape index (κ3) is 6.22. The Bertz CT molecular complexity index is 966. The van der Waals surface area contributed by atoms with E-state index in [-0.39, 0.29) is 29.1 Å². The Hall–Kier alpha value is -2.06. The molecule has 1 heterocycles. The van der Waals surface area contributed by atoms with Gasteiger partial charge in [-0.3, -0.25) is 9.48 Å². The minimum absolute atomic E-state index is 0.0185. The van der Waals surface area contributed by atoms with Crippen molar-refractivity contribution in [3.05, 3.63) is 46.9 Å². The SMILES string of the molecule is CC(C)c1cc(F)cc(C(C)C)c1CC(=O)CS(=O)(=O)c1ccn(CCN(C)C)n1. The zero-order valence-electron chi connectivity index (χ0n) is 18.6. The molecule has 1 aromatic carbocycles. The number of ketones is 1. The van der Waals surface area contributed by atoms with Gasteiger partial charge in [-0.25, -0.2) is 12.8 Å². The first kappa shape index (κ1) is 24.2. The summed E-state index contributed by atoms with van der Waals surface area (Å²) >= 11 is 0. The van der Waals surface area contributed by atoms with Crippen LogP contribution in [-0.4, -0.2) is 55.3 Å². The highest BCUT2D eigenvalue weighted by Gasteiger charge is 2.25. The van der Waals surface area contributed by atoms with Gasteiger partial charge in [0, 0.05) is 19.2 Å². The zero-order chi connectivity index (χ0) is 22.6. The first-order valence-electron chi connectivity index (χ1n) is 10.2. The van der Waals surface area contributed by atoms with E-state index >= 15 is 0 Å². The molecule has 0 aliphatic carbocycles. The van der Waals surface area contributed by atoms with Gasteiger partial charge in [-0.15, -0.1) is 0 Å². The van der Waals surface area contributed by atoms with Crippen molar-refractivity contribution in [3.8, 4) is 0 Å². The highest BCUT2D eigenvalue weighted by Crippen LogP contribution is 2.30. The van der Waals surface area contributed by atoms with Crippen LogP contribution in [0.15, 0.2) is 29.4 Å². The van der Waals surface area contributed by atoms with Crippen LogP contribution in [-0.2, 0) is 27.6 Å². The predicted octanol–water partition coefficient (Wildman–Crippen LogP) is 3.42. The van der Waals surface area contributed by atoms with E-state index in [4.69, 9.17) is 0 Å². The largest absolute Gasteiger partial charge is 0.308 e. The van der Waals surface area contributed by atoms with Crippen molar-refractivity contribution in [2.24, 2.45) is 0 Å². The monoisotopic (exact) mass is 437 g/mol. The number of carbonyl (C=O) groups is 1. The molecule has 2 aromatic rings. The lowest BCUT2D eigenvalue weighted by Crippen LogP contribution is -2.21. The maximum atomic E-state index is 14.1. The number of Topliss-reactive ketones (excluding diaryl/α,β-unsaturated/α-hetero) is 1. The summed E-state index contributed by atoms with van der Waals surface area (Å²) in [6.45, 7) is 9.02. The van der Waals surface area contributed by atoms with E-state index in [2.05, 4.69) is 5.10 Å². The number of rotatable bonds is 10. The molecule has 0 bridgehead atoms. The van der Waals surface area contributed by atoms with E-state index in [0.717, 1.165) is 23.2 Å². The van der Waals surface area contributed by atoms with Gasteiger partial charge in [0.15, 0.2) is 10.8 Å². The molecule has 0 saturated carbocycles. The smallest absolute Gasteiger partial charge is 0.204 e. The van der Waals surface area contributed by atoms with Crippen LogP contribution < -0.4 is 0 Å². The summed E-state index contributed by atoms with van der Waals surface area (Å²) in [5, 5.41) is 4.02. The van der Waals surface area contributed by atoms with Crippen LogP contribution in [0.2, 0.25) is 0 Å². The number of carbonyl (C=O) groups excluding carboxylic acids is 1. The van der Waals surface area contributed by atoms with E-state index in [0.29, 0.717) is 6.54 Å². The van der Waals surface area contributed by atoms with Crippen molar-refractivity contribution in [2.45, 2.75) is 57.5 Å². The molecule has 0 aliphatic heterocycles. The van der Waals surface area contributed by atoms with Crippen LogP contribution in [0, 0.1) is 5.82 Å². The van der Waals surface area contributed by atoms with Gasteiger partial charge < -0.3 is 4.90 Å². The Balaban J connectivity index is 2.23. The van der Waals surface area contributed by atoms with E-state index in [9.17, 15) is 17.6 Å². The summed E-state index contributed by atoms with van der Waals surface area (Å²) in [6, 6.07) is 4.31. The summed E-state index contributed by atoms with van der Waals surface area (Å²) in [4.78, 5) is 14.7. The maximum Gasteiger partial charge on any atom is 0.204 e. The number of aromatic nitrogens is 2. The fraction of sp³-hybridized carbons (Fsp3) is 0.545. The second kappa shape index (κ2) is 9.83. The average molecular weight is 438 g/mol. The Labute approximate surface area is 179 Å². The normalized spacial score (nSPS) is 12.3. The summed E-state index contributed by atoms with van der Waals surface area (Å²) in [5.74, 6) is -1.35. The molecule has 6 nitrogen and oxygen atoms in total. The summed E-state index contributed by atoms with van der Waals surface area (Å²) < 4.78 is 41.1. The van der Waals surface area contributed by atoms with Crippen molar-refractivity contribution in [3.63, 3.8) is 0 Å². The lowest BCUT2D eigenvalue weighted by atomic mass is 9.86. The highest BCUT2D eigenvalue weighted by molar-refractivity contribution is 7.92. The minimum atomic E-state index is -3.84. The number of benzene rings is 1. The first-order valence-corrected chi connectivity index (χ1v) is 11.8. The quantitative estimate of drug-likeness (QED) is 0.570. The summed E-state index contributed by atoms with van der Waals surface area (Å²) in [7, 11) is 0.00458. The highest BCUT2D eigenvalue weighted by atomic mass is 32.2. The second-order valence-electron chi connectivity index (χ2n) is 8.57. The second-order valence-corrected chi connectivity index (χ2v) is 10.5. The standard InChI is InChI=1S/C22H32FN3O3S/c1-15(2)19-11-17(23)12-20(16(3)4)21(19)13-18(27)14-30(28,29)22-7-8-26(24-22)10-9-25(5)6/h7-8,11-12,15-16H,9-10,13-14H2,1-6H3. The van der Waals surface area contributed by atoms with E-state index in [1.54, 1.807) is 10.9 Å². The minimum Gasteiger partial charge on any atom is -0.308 e. The molecule has 0 saturated heterocycles. The lowest BCUT2D eigenvalue weighted by Gasteiger charge is -2.19. The summed E-state index contributed by atoms with van der Waals surface area (Å²) in [5.41, 5.74) is 2.23. The number of hydrogen-bond acceptors (Lipinski definition) is 5. The molecule has 0 aliphatic rings. The van der Waals surface area contributed by atoms with Crippen molar-refractivity contribution < 1.29 is 17.6 Å². The van der Waals surface area contributed by atoms with E-state index in [1.165, 1.54) is 18.2 Å². The topological polar surface area (TPSA) is 72.3 Å². The van der Waals surface area contributed by atoms with Crippen molar-refractivity contribution in [2.75, 3.05) is 26.4 Å². The molecule has 0 fully saturated rings.